The molecule has 29 heavy (non-hydrogen) atoms. The van der Waals surface area contributed by atoms with E-state index in [-0.39, 0.29) is 17.8 Å². The predicted octanol–water partition coefficient (Wildman–Crippen LogP) is 2.90. The lowest BCUT2D eigenvalue weighted by Crippen LogP contribution is -2.47. The number of rotatable bonds is 11. The fourth-order valence-electron chi connectivity index (χ4n) is 3.32. The quantitative estimate of drug-likeness (QED) is 0.418. The topological polar surface area (TPSA) is 93.9 Å². The molecule has 1 amide bonds. The minimum absolute atomic E-state index is 0.0651. The molecule has 0 unspecified atom stereocenters. The highest BCUT2D eigenvalue weighted by Crippen LogP contribution is 2.29. The van der Waals surface area contributed by atoms with E-state index in [0.29, 0.717) is 48.2 Å². The number of carbonyl (C=O) groups is 2. The van der Waals surface area contributed by atoms with E-state index < -0.39 is 0 Å². The van der Waals surface area contributed by atoms with Crippen LogP contribution in [0.15, 0.2) is 12.1 Å². The lowest BCUT2D eigenvalue weighted by molar-refractivity contribution is -0.117. The van der Waals surface area contributed by atoms with Gasteiger partial charge in [-0.05, 0) is 39.3 Å². The molecule has 1 heterocycles. The molecule has 0 bridgehead atoms. The molecule has 8 heteroatoms. The highest BCUT2D eigenvalue weighted by Gasteiger charge is 2.22. The van der Waals surface area contributed by atoms with E-state index in [1.807, 2.05) is 6.92 Å². The summed E-state index contributed by atoms with van der Waals surface area (Å²) in [6.07, 6.45) is 3.66. The predicted molar refractivity (Wildman–Crippen MR) is 115 cm³/mol. The third-order valence-electron chi connectivity index (χ3n) is 4.86. The van der Waals surface area contributed by atoms with Crippen LogP contribution in [-0.2, 0) is 9.53 Å². The van der Waals surface area contributed by atoms with E-state index in [9.17, 15) is 9.59 Å². The van der Waals surface area contributed by atoms with Crippen LogP contribution in [0.25, 0.3) is 0 Å². The van der Waals surface area contributed by atoms with Crippen LogP contribution in [0.2, 0.25) is 5.02 Å². The number of Topliss-reactive ketones (excluding diaryl/α,β-unsaturated/α-hetero) is 1. The van der Waals surface area contributed by atoms with Crippen LogP contribution >= 0.6 is 11.6 Å². The number of anilines is 1. The molecule has 1 aliphatic heterocycles. The first-order valence-corrected chi connectivity index (χ1v) is 10.6. The Balaban J connectivity index is 1.81. The molecule has 1 aliphatic rings. The van der Waals surface area contributed by atoms with Crippen molar-refractivity contribution >= 4 is 29.0 Å². The normalized spacial score (nSPS) is 17.1. The van der Waals surface area contributed by atoms with E-state index in [1.165, 1.54) is 6.07 Å². The molecule has 162 valence electrons. The maximum absolute atomic E-state index is 12.6. The summed E-state index contributed by atoms with van der Waals surface area (Å²) in [6, 6.07) is 3.11. The van der Waals surface area contributed by atoms with Gasteiger partial charge in [0.2, 0.25) is 0 Å². The summed E-state index contributed by atoms with van der Waals surface area (Å²) >= 11 is 6.08. The number of ketones is 1. The monoisotopic (exact) mass is 425 g/mol. The van der Waals surface area contributed by atoms with Gasteiger partial charge in [0, 0.05) is 32.1 Å². The number of unbranched alkanes of at least 4 members (excludes halogenated alkanes) is 2. The van der Waals surface area contributed by atoms with Crippen molar-refractivity contribution in [3.8, 4) is 5.75 Å². The van der Waals surface area contributed by atoms with Gasteiger partial charge in [-0.15, -0.1) is 0 Å². The molecule has 1 fully saturated rings. The number of hydrogen-bond donors (Lipinski definition) is 2. The van der Waals surface area contributed by atoms with Gasteiger partial charge in [0.15, 0.2) is 0 Å². The number of nitrogens with two attached hydrogens (primary N) is 1. The van der Waals surface area contributed by atoms with Crippen molar-refractivity contribution in [2.75, 3.05) is 45.1 Å². The van der Waals surface area contributed by atoms with Gasteiger partial charge in [-0.2, -0.15) is 0 Å². The number of halogens is 1. The van der Waals surface area contributed by atoms with Crippen LogP contribution in [0.1, 0.15) is 49.9 Å². The fourth-order valence-corrected chi connectivity index (χ4v) is 3.48. The van der Waals surface area contributed by atoms with E-state index in [4.69, 9.17) is 26.8 Å². The molecule has 7 nitrogen and oxygen atoms in total. The van der Waals surface area contributed by atoms with Gasteiger partial charge in [0.1, 0.15) is 11.5 Å². The van der Waals surface area contributed by atoms with Crippen LogP contribution in [-0.4, -0.2) is 62.1 Å². The number of nitrogens with one attached hydrogen (secondary N) is 1. The number of hydrogen-bond acceptors (Lipinski definition) is 6. The smallest absolute Gasteiger partial charge is 0.255 e. The molecule has 2 rings (SSSR count). The Morgan fingerprint density at radius 2 is 2.14 bits per heavy atom. The molecule has 0 radical (unpaired) electrons. The standard InChI is InChI=1S/C21H32ClN3O4/c1-3-28-20-12-19(23)18(22)11-17(20)21(27)24-13-16-14-25(9-10-29-16)8-6-4-5-7-15(2)26/h11-12,16H,3-10,13-14,23H2,1-2H3,(H,24,27)/t16-/m0/s1. The van der Waals surface area contributed by atoms with Crippen LogP contribution in [0.3, 0.4) is 0 Å². The molecule has 0 aromatic heterocycles. The van der Waals surface area contributed by atoms with Crippen LogP contribution in [0.4, 0.5) is 5.69 Å². The summed E-state index contributed by atoms with van der Waals surface area (Å²) in [7, 11) is 0. The van der Waals surface area contributed by atoms with Crippen LogP contribution < -0.4 is 15.8 Å². The zero-order valence-electron chi connectivity index (χ0n) is 17.3. The first kappa shape index (κ1) is 23.4. The number of nitrogens with zero attached hydrogens (tertiary/aromatic N) is 1. The van der Waals surface area contributed by atoms with Gasteiger partial charge < -0.3 is 25.3 Å². The van der Waals surface area contributed by atoms with Gasteiger partial charge in [0.25, 0.3) is 5.91 Å². The summed E-state index contributed by atoms with van der Waals surface area (Å²) in [6.45, 7) is 7.60. The Morgan fingerprint density at radius 1 is 1.34 bits per heavy atom. The molecular formula is C21H32ClN3O4. The zero-order valence-corrected chi connectivity index (χ0v) is 18.1. The Morgan fingerprint density at radius 3 is 2.86 bits per heavy atom. The third-order valence-corrected chi connectivity index (χ3v) is 5.19. The number of ether oxygens (including phenoxy) is 2. The molecule has 1 atom stereocenters. The highest BCUT2D eigenvalue weighted by molar-refractivity contribution is 6.33. The summed E-state index contributed by atoms with van der Waals surface area (Å²) in [5, 5.41) is 3.24. The van der Waals surface area contributed by atoms with Gasteiger partial charge in [-0.25, -0.2) is 0 Å². The van der Waals surface area contributed by atoms with Gasteiger partial charge in [-0.3, -0.25) is 9.69 Å². The molecule has 0 saturated carbocycles. The second-order valence-electron chi connectivity index (χ2n) is 7.32. The SMILES string of the molecule is CCOc1cc(N)c(Cl)cc1C(=O)NC[C@H]1CN(CCCCCC(C)=O)CCO1. The van der Waals surface area contributed by atoms with Crippen molar-refractivity contribution in [1.82, 2.24) is 10.2 Å². The third kappa shape index (κ3) is 7.84. The minimum Gasteiger partial charge on any atom is -0.493 e. The molecule has 0 aliphatic carbocycles. The lowest BCUT2D eigenvalue weighted by atomic mass is 10.1. The Labute approximate surface area is 177 Å². The maximum atomic E-state index is 12.6. The summed E-state index contributed by atoms with van der Waals surface area (Å²) < 4.78 is 11.3. The van der Waals surface area contributed by atoms with E-state index >= 15 is 0 Å². The number of carbonyl (C=O) groups excluding carboxylic acids is 2. The van der Waals surface area contributed by atoms with E-state index in [1.54, 1.807) is 13.0 Å². The van der Waals surface area contributed by atoms with Crippen molar-refractivity contribution in [3.63, 3.8) is 0 Å². The molecular weight excluding hydrogens is 394 g/mol. The Hall–Kier alpha value is -1.83. The van der Waals surface area contributed by atoms with Crippen LogP contribution in [0, 0.1) is 0 Å². The van der Waals surface area contributed by atoms with Gasteiger partial charge >= 0.3 is 0 Å². The molecule has 1 aromatic carbocycles. The fraction of sp³-hybridized carbons (Fsp3) is 0.619. The summed E-state index contributed by atoms with van der Waals surface area (Å²) in [5.41, 5.74) is 6.55. The summed E-state index contributed by atoms with van der Waals surface area (Å²) in [4.78, 5) is 26.0. The Kier molecular flexibility index (Phi) is 9.70. The van der Waals surface area contributed by atoms with Gasteiger partial charge in [-0.1, -0.05) is 18.0 Å². The second kappa shape index (κ2) is 12.0. The molecule has 1 saturated heterocycles. The highest BCUT2D eigenvalue weighted by atomic mass is 35.5. The van der Waals surface area contributed by atoms with Crippen molar-refractivity contribution in [2.24, 2.45) is 0 Å². The molecule has 0 spiro atoms. The summed E-state index contributed by atoms with van der Waals surface area (Å²) in [5.74, 6) is 0.408. The van der Waals surface area contributed by atoms with E-state index in [0.717, 1.165) is 38.9 Å². The zero-order chi connectivity index (χ0) is 21.2. The average Bonchev–Trinajstić information content (AvgIpc) is 2.69. The minimum atomic E-state index is -0.264. The lowest BCUT2D eigenvalue weighted by Gasteiger charge is -2.33. The van der Waals surface area contributed by atoms with Crippen LogP contribution in [0.5, 0.6) is 5.75 Å². The second-order valence-corrected chi connectivity index (χ2v) is 7.73. The Bertz CT molecular complexity index is 699. The van der Waals surface area contributed by atoms with Crippen molar-refractivity contribution < 1.29 is 19.1 Å². The first-order valence-electron chi connectivity index (χ1n) is 10.2. The molecule has 1 aromatic rings. The first-order chi connectivity index (χ1) is 13.9. The van der Waals surface area contributed by atoms with Crippen molar-refractivity contribution in [2.45, 2.75) is 45.6 Å². The van der Waals surface area contributed by atoms with Crippen molar-refractivity contribution in [1.29, 1.82) is 0 Å². The van der Waals surface area contributed by atoms with Gasteiger partial charge in [0.05, 0.1) is 35.6 Å². The van der Waals surface area contributed by atoms with Crippen molar-refractivity contribution in [3.05, 3.63) is 22.7 Å². The largest absolute Gasteiger partial charge is 0.493 e. The number of nitrogen functional groups attached to an aromatic ring is 1. The van der Waals surface area contributed by atoms with E-state index in [2.05, 4.69) is 10.2 Å². The number of benzene rings is 1. The number of morpholine rings is 1. The maximum Gasteiger partial charge on any atom is 0.255 e. The molecule has 3 N–H and O–H groups in total. The number of amides is 1. The average molecular weight is 426 g/mol.